The van der Waals surface area contributed by atoms with Crippen LogP contribution in [0.2, 0.25) is 0 Å². The van der Waals surface area contributed by atoms with Crippen LogP contribution in [0.25, 0.3) is 0 Å². The molecule has 1 atom stereocenters. The second-order valence-electron chi connectivity index (χ2n) is 5.57. The van der Waals surface area contributed by atoms with Gasteiger partial charge in [0.2, 0.25) is 0 Å². The zero-order chi connectivity index (χ0) is 13.8. The van der Waals surface area contributed by atoms with Gasteiger partial charge in [0.1, 0.15) is 5.82 Å². The normalized spacial score (nSPS) is 13.7. The van der Waals surface area contributed by atoms with E-state index in [-0.39, 0.29) is 17.3 Å². The van der Waals surface area contributed by atoms with E-state index in [1.165, 1.54) is 6.07 Å². The molecule has 4 heteroatoms. The molecule has 0 heterocycles. The molecule has 18 heavy (non-hydrogen) atoms. The van der Waals surface area contributed by atoms with Crippen LogP contribution in [-0.2, 0) is 6.54 Å². The molecule has 0 radical (unpaired) electrons. The summed E-state index contributed by atoms with van der Waals surface area (Å²) in [7, 11) is 0. The van der Waals surface area contributed by atoms with Crippen molar-refractivity contribution in [2.45, 2.75) is 39.8 Å². The van der Waals surface area contributed by atoms with Gasteiger partial charge in [0.25, 0.3) is 0 Å². The molecule has 0 aliphatic heterocycles. The number of halogens is 2. The standard InChI is InChI=1S/C14H21BrFNO/c1-10(18)7-14(2,3)9-17-8-11-4-5-12(15)13(16)6-11/h4-6,10,17-18H,7-9H2,1-3H3. The van der Waals surface area contributed by atoms with Crippen molar-refractivity contribution in [3.63, 3.8) is 0 Å². The minimum atomic E-state index is -0.299. The molecular formula is C14H21BrFNO. The average molecular weight is 318 g/mol. The molecule has 0 aliphatic rings. The Balaban J connectivity index is 2.43. The van der Waals surface area contributed by atoms with Crippen LogP contribution in [-0.4, -0.2) is 17.8 Å². The Kier molecular flexibility index (Phi) is 5.76. The van der Waals surface area contributed by atoms with Crippen LogP contribution in [0.1, 0.15) is 32.8 Å². The molecule has 0 aliphatic carbocycles. The summed E-state index contributed by atoms with van der Waals surface area (Å²) < 4.78 is 13.8. The number of aliphatic hydroxyl groups is 1. The van der Waals surface area contributed by atoms with Gasteiger partial charge in [-0.15, -0.1) is 0 Å². The predicted octanol–water partition coefficient (Wildman–Crippen LogP) is 3.47. The van der Waals surface area contributed by atoms with Gasteiger partial charge in [-0.25, -0.2) is 4.39 Å². The maximum Gasteiger partial charge on any atom is 0.137 e. The summed E-state index contributed by atoms with van der Waals surface area (Å²) in [4.78, 5) is 0. The Morgan fingerprint density at radius 1 is 1.44 bits per heavy atom. The first-order chi connectivity index (χ1) is 8.30. The molecule has 2 N–H and O–H groups in total. The zero-order valence-electron chi connectivity index (χ0n) is 11.1. The molecule has 1 aromatic rings. The van der Waals surface area contributed by atoms with E-state index in [9.17, 15) is 9.50 Å². The fourth-order valence-electron chi connectivity index (χ4n) is 2.07. The molecular weight excluding hydrogens is 297 g/mol. The van der Waals surface area contributed by atoms with E-state index in [1.807, 2.05) is 6.07 Å². The van der Waals surface area contributed by atoms with E-state index in [1.54, 1.807) is 13.0 Å². The van der Waals surface area contributed by atoms with Crippen LogP contribution in [0.15, 0.2) is 22.7 Å². The van der Waals surface area contributed by atoms with Gasteiger partial charge >= 0.3 is 0 Å². The van der Waals surface area contributed by atoms with E-state index < -0.39 is 0 Å². The highest BCUT2D eigenvalue weighted by Crippen LogP contribution is 2.21. The van der Waals surface area contributed by atoms with Crippen LogP contribution in [0.3, 0.4) is 0 Å². The highest BCUT2D eigenvalue weighted by molar-refractivity contribution is 9.10. The van der Waals surface area contributed by atoms with Crippen molar-refractivity contribution in [3.8, 4) is 0 Å². The molecule has 0 saturated heterocycles. The second kappa shape index (κ2) is 6.64. The van der Waals surface area contributed by atoms with Gasteiger partial charge in [0, 0.05) is 13.1 Å². The van der Waals surface area contributed by atoms with Crippen LogP contribution < -0.4 is 5.32 Å². The van der Waals surface area contributed by atoms with E-state index in [4.69, 9.17) is 0 Å². The first-order valence-electron chi connectivity index (χ1n) is 6.13. The summed E-state index contributed by atoms with van der Waals surface area (Å²) in [6, 6.07) is 5.13. The van der Waals surface area contributed by atoms with E-state index in [2.05, 4.69) is 35.1 Å². The van der Waals surface area contributed by atoms with Gasteiger partial charge in [0.05, 0.1) is 10.6 Å². The maximum atomic E-state index is 13.3. The van der Waals surface area contributed by atoms with Crippen molar-refractivity contribution < 1.29 is 9.50 Å². The number of hydrogen-bond acceptors (Lipinski definition) is 2. The number of hydrogen-bond donors (Lipinski definition) is 2. The summed E-state index contributed by atoms with van der Waals surface area (Å²) in [5.41, 5.74) is 0.950. The number of aliphatic hydroxyl groups excluding tert-OH is 1. The van der Waals surface area contributed by atoms with Gasteiger partial charge in [0.15, 0.2) is 0 Å². The average Bonchev–Trinajstić information content (AvgIpc) is 2.21. The van der Waals surface area contributed by atoms with Crippen molar-refractivity contribution in [1.29, 1.82) is 0 Å². The summed E-state index contributed by atoms with van der Waals surface area (Å²) in [6.07, 6.45) is 0.446. The third-order valence-electron chi connectivity index (χ3n) is 2.76. The Hall–Kier alpha value is -0.450. The molecule has 0 spiro atoms. The van der Waals surface area contributed by atoms with Gasteiger partial charge < -0.3 is 10.4 Å². The number of rotatable bonds is 6. The summed E-state index contributed by atoms with van der Waals surface area (Å²) >= 11 is 3.13. The first-order valence-corrected chi connectivity index (χ1v) is 6.92. The van der Waals surface area contributed by atoms with Crippen LogP contribution in [0.5, 0.6) is 0 Å². The van der Waals surface area contributed by atoms with Crippen LogP contribution in [0, 0.1) is 11.2 Å². The molecule has 0 saturated carbocycles. The lowest BCUT2D eigenvalue weighted by atomic mass is 9.87. The van der Waals surface area contributed by atoms with Gasteiger partial charge in [-0.2, -0.15) is 0 Å². The Bertz CT molecular complexity index is 393. The number of nitrogens with one attached hydrogen (secondary N) is 1. The molecule has 1 rings (SSSR count). The predicted molar refractivity (Wildman–Crippen MR) is 75.9 cm³/mol. The minimum absolute atomic E-state index is 0.0298. The van der Waals surface area contributed by atoms with E-state index >= 15 is 0 Å². The molecule has 0 fully saturated rings. The van der Waals surface area contributed by atoms with Crippen molar-refractivity contribution in [2.75, 3.05) is 6.54 Å². The first kappa shape index (κ1) is 15.6. The van der Waals surface area contributed by atoms with Gasteiger partial charge in [-0.1, -0.05) is 19.9 Å². The SMILES string of the molecule is CC(O)CC(C)(C)CNCc1ccc(Br)c(F)c1. The molecule has 1 unspecified atom stereocenters. The third kappa shape index (κ3) is 5.46. The lowest BCUT2D eigenvalue weighted by Crippen LogP contribution is -2.31. The van der Waals surface area contributed by atoms with Crippen molar-refractivity contribution in [2.24, 2.45) is 5.41 Å². The minimum Gasteiger partial charge on any atom is -0.393 e. The lowest BCUT2D eigenvalue weighted by molar-refractivity contribution is 0.128. The largest absolute Gasteiger partial charge is 0.393 e. The van der Waals surface area contributed by atoms with E-state index in [0.29, 0.717) is 11.0 Å². The highest BCUT2D eigenvalue weighted by atomic mass is 79.9. The third-order valence-corrected chi connectivity index (χ3v) is 3.41. The Labute approximate surface area is 117 Å². The summed E-state index contributed by atoms with van der Waals surface area (Å²) in [5.74, 6) is -0.238. The maximum absolute atomic E-state index is 13.3. The monoisotopic (exact) mass is 317 g/mol. The molecule has 1 aromatic carbocycles. The second-order valence-corrected chi connectivity index (χ2v) is 6.42. The molecule has 0 bridgehead atoms. The van der Waals surface area contributed by atoms with Crippen molar-refractivity contribution in [1.82, 2.24) is 5.32 Å². The lowest BCUT2D eigenvalue weighted by Gasteiger charge is -2.26. The van der Waals surface area contributed by atoms with Gasteiger partial charge in [-0.3, -0.25) is 0 Å². The van der Waals surface area contributed by atoms with Crippen molar-refractivity contribution >= 4 is 15.9 Å². The number of benzene rings is 1. The molecule has 2 nitrogen and oxygen atoms in total. The van der Waals surface area contributed by atoms with Crippen LogP contribution in [0.4, 0.5) is 4.39 Å². The fraction of sp³-hybridized carbons (Fsp3) is 0.571. The fourth-order valence-corrected chi connectivity index (χ4v) is 2.31. The molecule has 102 valence electrons. The topological polar surface area (TPSA) is 32.3 Å². The zero-order valence-corrected chi connectivity index (χ0v) is 12.7. The Morgan fingerprint density at radius 3 is 2.67 bits per heavy atom. The van der Waals surface area contributed by atoms with Crippen molar-refractivity contribution in [3.05, 3.63) is 34.1 Å². The van der Waals surface area contributed by atoms with Gasteiger partial charge in [-0.05, 0) is 52.4 Å². The summed E-state index contributed by atoms with van der Waals surface area (Å²) in [6.45, 7) is 7.43. The Morgan fingerprint density at radius 2 is 2.11 bits per heavy atom. The smallest absolute Gasteiger partial charge is 0.137 e. The van der Waals surface area contributed by atoms with Crippen LogP contribution >= 0.6 is 15.9 Å². The highest BCUT2D eigenvalue weighted by Gasteiger charge is 2.19. The molecule has 0 aromatic heterocycles. The van der Waals surface area contributed by atoms with E-state index in [0.717, 1.165) is 18.5 Å². The molecule has 0 amide bonds. The quantitative estimate of drug-likeness (QED) is 0.842. The summed E-state index contributed by atoms with van der Waals surface area (Å²) in [5, 5.41) is 12.7.